The summed E-state index contributed by atoms with van der Waals surface area (Å²) in [6.45, 7) is 0.777. The zero-order valence-corrected chi connectivity index (χ0v) is 13.3. The van der Waals surface area contributed by atoms with Gasteiger partial charge in [-0.25, -0.2) is 0 Å². The van der Waals surface area contributed by atoms with Crippen LogP contribution in [0.4, 0.5) is 11.4 Å². The van der Waals surface area contributed by atoms with Gasteiger partial charge < -0.3 is 10.6 Å². The third kappa shape index (κ3) is 2.72. The lowest BCUT2D eigenvalue weighted by molar-refractivity contribution is 0.924. The van der Waals surface area contributed by atoms with Crippen molar-refractivity contribution in [2.75, 3.05) is 17.7 Å². The summed E-state index contributed by atoms with van der Waals surface area (Å²) in [6, 6.07) is 16.3. The fraction of sp³-hybridized carbons (Fsp3) is 0.118. The highest BCUT2D eigenvalue weighted by molar-refractivity contribution is 9.10. The van der Waals surface area contributed by atoms with Crippen LogP contribution in [0.3, 0.4) is 0 Å². The Bertz CT molecular complexity index is 786. The van der Waals surface area contributed by atoms with Crippen LogP contribution in [-0.4, -0.2) is 12.0 Å². The highest BCUT2D eigenvalue weighted by atomic mass is 79.9. The van der Waals surface area contributed by atoms with E-state index in [-0.39, 0.29) is 0 Å². The van der Waals surface area contributed by atoms with Gasteiger partial charge in [-0.3, -0.25) is 4.98 Å². The molecular weight excluding hydrogens is 326 g/mol. The molecule has 106 valence electrons. The highest BCUT2D eigenvalue weighted by Gasteiger charge is 2.12. The van der Waals surface area contributed by atoms with Crippen LogP contribution in [0.1, 0.15) is 5.56 Å². The Morgan fingerprint density at radius 2 is 1.81 bits per heavy atom. The number of anilines is 2. The van der Waals surface area contributed by atoms with Gasteiger partial charge in [0, 0.05) is 23.5 Å². The molecular formula is C17H16BrN3. The smallest absolute Gasteiger partial charge is 0.0745 e. The van der Waals surface area contributed by atoms with Crippen molar-refractivity contribution >= 4 is 38.2 Å². The molecule has 0 saturated heterocycles. The largest absolute Gasteiger partial charge is 0.396 e. The number of fused-ring (bicyclic) bond motifs is 1. The molecule has 0 aliphatic carbocycles. The molecule has 0 aliphatic rings. The number of hydrogen-bond donors (Lipinski definition) is 1. The molecule has 2 aromatic carbocycles. The molecule has 2 N–H and O–H groups in total. The molecule has 0 amide bonds. The van der Waals surface area contributed by atoms with Crippen LogP contribution in [-0.2, 0) is 6.54 Å². The first kappa shape index (κ1) is 13.9. The molecule has 0 aliphatic heterocycles. The Morgan fingerprint density at radius 3 is 2.62 bits per heavy atom. The van der Waals surface area contributed by atoms with Gasteiger partial charge in [0.2, 0.25) is 0 Å². The van der Waals surface area contributed by atoms with Crippen LogP contribution in [0.5, 0.6) is 0 Å². The number of aromatic nitrogens is 1. The maximum absolute atomic E-state index is 6.16. The second-order valence-electron chi connectivity index (χ2n) is 5.03. The number of nitrogens with two attached hydrogens (primary N) is 1. The molecule has 0 fully saturated rings. The third-order valence-electron chi connectivity index (χ3n) is 3.52. The molecule has 0 bridgehead atoms. The van der Waals surface area contributed by atoms with E-state index < -0.39 is 0 Å². The van der Waals surface area contributed by atoms with Gasteiger partial charge in [0.25, 0.3) is 0 Å². The van der Waals surface area contributed by atoms with Crippen LogP contribution in [0.15, 0.2) is 59.2 Å². The molecule has 21 heavy (non-hydrogen) atoms. The Hall–Kier alpha value is -2.07. The van der Waals surface area contributed by atoms with Gasteiger partial charge in [-0.05, 0) is 17.7 Å². The van der Waals surface area contributed by atoms with Gasteiger partial charge in [-0.1, -0.05) is 52.3 Å². The van der Waals surface area contributed by atoms with Gasteiger partial charge in [-0.15, -0.1) is 0 Å². The van der Waals surface area contributed by atoms with Crippen molar-refractivity contribution in [3.63, 3.8) is 0 Å². The molecule has 0 saturated carbocycles. The zero-order valence-electron chi connectivity index (χ0n) is 11.8. The van der Waals surface area contributed by atoms with Crippen LogP contribution >= 0.6 is 15.9 Å². The molecule has 0 unspecified atom stereocenters. The summed E-state index contributed by atoms with van der Waals surface area (Å²) < 4.78 is 1.11. The van der Waals surface area contributed by atoms with E-state index in [1.165, 1.54) is 5.56 Å². The van der Waals surface area contributed by atoms with Crippen molar-refractivity contribution in [2.45, 2.75) is 6.54 Å². The van der Waals surface area contributed by atoms with E-state index in [1.54, 1.807) is 6.20 Å². The van der Waals surface area contributed by atoms with E-state index >= 15 is 0 Å². The molecule has 3 nitrogen and oxygen atoms in total. The minimum atomic E-state index is 0.697. The summed E-state index contributed by atoms with van der Waals surface area (Å²) in [5.41, 5.74) is 10.1. The lowest BCUT2D eigenvalue weighted by atomic mass is 10.1. The summed E-state index contributed by atoms with van der Waals surface area (Å²) in [6.07, 6.45) is 1.73. The molecule has 0 spiro atoms. The maximum Gasteiger partial charge on any atom is 0.0745 e. The SMILES string of the molecule is CN(Cc1ccccc1Br)c1c(N)cnc2ccccc12. The average molecular weight is 342 g/mol. The van der Waals surface area contributed by atoms with Gasteiger partial charge in [-0.2, -0.15) is 0 Å². The van der Waals surface area contributed by atoms with Crippen LogP contribution < -0.4 is 10.6 Å². The molecule has 4 heteroatoms. The molecule has 0 radical (unpaired) electrons. The number of nitrogen functional groups attached to an aromatic ring is 1. The normalized spacial score (nSPS) is 10.8. The van der Waals surface area contributed by atoms with Crippen LogP contribution in [0.25, 0.3) is 10.9 Å². The van der Waals surface area contributed by atoms with Crippen molar-refractivity contribution < 1.29 is 0 Å². The van der Waals surface area contributed by atoms with Crippen molar-refractivity contribution in [1.29, 1.82) is 0 Å². The second-order valence-corrected chi connectivity index (χ2v) is 5.88. The lowest BCUT2D eigenvalue weighted by Gasteiger charge is -2.23. The number of nitrogens with zero attached hydrogens (tertiary/aromatic N) is 2. The van der Waals surface area contributed by atoms with Gasteiger partial charge >= 0.3 is 0 Å². The molecule has 0 atom stereocenters. The Kier molecular flexibility index (Phi) is 3.80. The maximum atomic E-state index is 6.16. The standard InChI is InChI=1S/C17H16BrN3/c1-21(11-12-6-2-4-8-14(12)18)17-13-7-3-5-9-16(13)20-10-15(17)19/h2-10H,11,19H2,1H3. The van der Waals surface area contributed by atoms with E-state index in [4.69, 9.17) is 5.73 Å². The van der Waals surface area contributed by atoms with E-state index in [9.17, 15) is 0 Å². The van der Waals surface area contributed by atoms with Crippen molar-refractivity contribution in [3.8, 4) is 0 Å². The van der Waals surface area contributed by atoms with Crippen molar-refractivity contribution in [2.24, 2.45) is 0 Å². The minimum absolute atomic E-state index is 0.697. The summed E-state index contributed by atoms with van der Waals surface area (Å²) in [5.74, 6) is 0. The molecule has 1 heterocycles. The quantitative estimate of drug-likeness (QED) is 0.775. The molecule has 1 aromatic heterocycles. The first-order valence-corrected chi connectivity index (χ1v) is 7.54. The first-order valence-electron chi connectivity index (χ1n) is 6.74. The predicted octanol–water partition coefficient (Wildman–Crippen LogP) is 4.22. The summed E-state index contributed by atoms with van der Waals surface area (Å²) in [5, 5.41) is 1.08. The van der Waals surface area contributed by atoms with E-state index in [0.29, 0.717) is 5.69 Å². The number of benzene rings is 2. The molecule has 3 aromatic rings. The van der Waals surface area contributed by atoms with E-state index in [2.05, 4.69) is 51.1 Å². The minimum Gasteiger partial charge on any atom is -0.396 e. The number of para-hydroxylation sites is 1. The van der Waals surface area contributed by atoms with Gasteiger partial charge in [0.15, 0.2) is 0 Å². The number of pyridine rings is 1. The summed E-state index contributed by atoms with van der Waals surface area (Å²) in [4.78, 5) is 6.55. The Morgan fingerprint density at radius 1 is 1.10 bits per heavy atom. The second kappa shape index (κ2) is 5.74. The topological polar surface area (TPSA) is 42.1 Å². The zero-order chi connectivity index (χ0) is 14.8. The van der Waals surface area contributed by atoms with Crippen molar-refractivity contribution in [3.05, 3.63) is 64.8 Å². The summed E-state index contributed by atoms with van der Waals surface area (Å²) >= 11 is 3.60. The monoisotopic (exact) mass is 341 g/mol. The van der Waals surface area contributed by atoms with E-state index in [0.717, 1.165) is 27.6 Å². The fourth-order valence-electron chi connectivity index (χ4n) is 2.53. The highest BCUT2D eigenvalue weighted by Crippen LogP contribution is 2.32. The van der Waals surface area contributed by atoms with Gasteiger partial charge in [0.1, 0.15) is 0 Å². The lowest BCUT2D eigenvalue weighted by Crippen LogP contribution is -2.18. The Labute approximate surface area is 132 Å². The summed E-state index contributed by atoms with van der Waals surface area (Å²) in [7, 11) is 2.05. The predicted molar refractivity (Wildman–Crippen MR) is 92.4 cm³/mol. The van der Waals surface area contributed by atoms with E-state index in [1.807, 2.05) is 30.3 Å². The number of rotatable bonds is 3. The van der Waals surface area contributed by atoms with Crippen LogP contribution in [0.2, 0.25) is 0 Å². The molecule has 3 rings (SSSR count). The number of hydrogen-bond acceptors (Lipinski definition) is 3. The Balaban J connectivity index is 2.04. The van der Waals surface area contributed by atoms with Crippen molar-refractivity contribution in [1.82, 2.24) is 4.98 Å². The first-order chi connectivity index (χ1) is 10.2. The number of halogens is 1. The van der Waals surface area contributed by atoms with Crippen LogP contribution in [0, 0.1) is 0 Å². The average Bonchev–Trinajstić information content (AvgIpc) is 2.49. The third-order valence-corrected chi connectivity index (χ3v) is 4.30. The fourth-order valence-corrected chi connectivity index (χ4v) is 2.94. The van der Waals surface area contributed by atoms with Gasteiger partial charge in [0.05, 0.1) is 23.1 Å².